The summed E-state index contributed by atoms with van der Waals surface area (Å²) in [7, 11) is 0. The molecule has 0 fully saturated rings. The summed E-state index contributed by atoms with van der Waals surface area (Å²) in [5.74, 6) is 1.56. The second kappa shape index (κ2) is 8.30. The standard InChI is InChI=1S/C17H26ClNO2/c1-6-20-15-9-7-8-14(11-19-17(3,4)5)16(15)21-12-13(2)10-18/h7-10,19H,6,11-12H2,1-5H3/b13-10+. The lowest BCUT2D eigenvalue weighted by Crippen LogP contribution is -2.35. The lowest BCUT2D eigenvalue weighted by Gasteiger charge is -2.22. The molecule has 1 rings (SSSR count). The van der Waals surface area contributed by atoms with Gasteiger partial charge in [0, 0.05) is 23.2 Å². The van der Waals surface area contributed by atoms with Crippen molar-refractivity contribution in [1.29, 1.82) is 0 Å². The van der Waals surface area contributed by atoms with Gasteiger partial charge < -0.3 is 14.8 Å². The Morgan fingerprint density at radius 2 is 2.00 bits per heavy atom. The number of hydrogen-bond acceptors (Lipinski definition) is 3. The molecule has 1 aromatic carbocycles. The highest BCUT2D eigenvalue weighted by atomic mass is 35.5. The molecule has 0 atom stereocenters. The quantitative estimate of drug-likeness (QED) is 0.804. The zero-order chi connectivity index (χ0) is 15.9. The van der Waals surface area contributed by atoms with Gasteiger partial charge in [0.25, 0.3) is 0 Å². The van der Waals surface area contributed by atoms with E-state index in [-0.39, 0.29) is 5.54 Å². The fourth-order valence-corrected chi connectivity index (χ4v) is 1.77. The maximum absolute atomic E-state index is 5.92. The third kappa shape index (κ3) is 6.40. The molecule has 3 nitrogen and oxygen atoms in total. The Morgan fingerprint density at radius 3 is 2.57 bits per heavy atom. The second-order valence-corrected chi connectivity index (χ2v) is 6.24. The molecule has 0 radical (unpaired) electrons. The Balaban J connectivity index is 2.96. The molecule has 0 aromatic heterocycles. The van der Waals surface area contributed by atoms with Crippen LogP contribution in [0.3, 0.4) is 0 Å². The minimum absolute atomic E-state index is 0.0465. The van der Waals surface area contributed by atoms with Crippen molar-refractivity contribution in [3.8, 4) is 11.5 Å². The van der Waals surface area contributed by atoms with Gasteiger partial charge >= 0.3 is 0 Å². The van der Waals surface area contributed by atoms with Crippen molar-refractivity contribution in [2.75, 3.05) is 13.2 Å². The van der Waals surface area contributed by atoms with Crippen LogP contribution in [-0.4, -0.2) is 18.8 Å². The molecule has 0 aliphatic heterocycles. The molecule has 4 heteroatoms. The first-order valence-electron chi connectivity index (χ1n) is 7.25. The van der Waals surface area contributed by atoms with Crippen molar-refractivity contribution in [3.05, 3.63) is 34.9 Å². The van der Waals surface area contributed by atoms with Crippen LogP contribution in [0.5, 0.6) is 11.5 Å². The molecular formula is C17H26ClNO2. The summed E-state index contributed by atoms with van der Waals surface area (Å²) in [6, 6.07) is 5.97. The van der Waals surface area contributed by atoms with Crippen molar-refractivity contribution in [2.45, 2.75) is 46.7 Å². The number of rotatable bonds is 7. The Labute approximate surface area is 133 Å². The molecule has 0 spiro atoms. The van der Waals surface area contributed by atoms with Gasteiger partial charge in [-0.2, -0.15) is 0 Å². The van der Waals surface area contributed by atoms with E-state index in [2.05, 4.69) is 32.2 Å². The van der Waals surface area contributed by atoms with Gasteiger partial charge in [0.05, 0.1) is 6.61 Å². The monoisotopic (exact) mass is 311 g/mol. The summed E-state index contributed by atoms with van der Waals surface area (Å²) in [5.41, 5.74) is 3.64. The zero-order valence-electron chi connectivity index (χ0n) is 13.6. The minimum Gasteiger partial charge on any atom is -0.490 e. The number of halogens is 1. The summed E-state index contributed by atoms with van der Waals surface area (Å²) < 4.78 is 11.6. The van der Waals surface area contributed by atoms with Gasteiger partial charge in [-0.3, -0.25) is 0 Å². The first-order valence-corrected chi connectivity index (χ1v) is 7.69. The van der Waals surface area contributed by atoms with Crippen LogP contribution in [0.25, 0.3) is 0 Å². The van der Waals surface area contributed by atoms with Crippen LogP contribution >= 0.6 is 11.6 Å². The van der Waals surface area contributed by atoms with Crippen LogP contribution in [-0.2, 0) is 6.54 Å². The first-order chi connectivity index (χ1) is 9.87. The largest absolute Gasteiger partial charge is 0.490 e. The van der Waals surface area contributed by atoms with Gasteiger partial charge in [-0.15, -0.1) is 0 Å². The zero-order valence-corrected chi connectivity index (χ0v) is 14.4. The van der Waals surface area contributed by atoms with E-state index in [1.807, 2.05) is 26.0 Å². The van der Waals surface area contributed by atoms with Crippen LogP contribution in [0, 0.1) is 0 Å². The van der Waals surface area contributed by atoms with Crippen molar-refractivity contribution in [2.24, 2.45) is 0 Å². The molecule has 0 aliphatic carbocycles. The molecule has 118 valence electrons. The van der Waals surface area contributed by atoms with E-state index >= 15 is 0 Å². The molecule has 0 unspecified atom stereocenters. The third-order valence-electron chi connectivity index (χ3n) is 2.80. The average Bonchev–Trinajstić information content (AvgIpc) is 2.43. The highest BCUT2D eigenvalue weighted by Gasteiger charge is 2.14. The van der Waals surface area contributed by atoms with Crippen molar-refractivity contribution < 1.29 is 9.47 Å². The Hall–Kier alpha value is -1.19. The summed E-state index contributed by atoms with van der Waals surface area (Å²) >= 11 is 5.69. The van der Waals surface area contributed by atoms with E-state index in [9.17, 15) is 0 Å². The summed E-state index contributed by atoms with van der Waals surface area (Å²) in [4.78, 5) is 0. The molecule has 0 saturated heterocycles. The Bertz CT molecular complexity index is 478. The van der Waals surface area contributed by atoms with Crippen molar-refractivity contribution in [3.63, 3.8) is 0 Å². The highest BCUT2D eigenvalue weighted by molar-refractivity contribution is 6.25. The number of benzene rings is 1. The van der Waals surface area contributed by atoms with E-state index in [4.69, 9.17) is 21.1 Å². The van der Waals surface area contributed by atoms with Crippen LogP contribution in [0.4, 0.5) is 0 Å². The fraction of sp³-hybridized carbons (Fsp3) is 0.529. The van der Waals surface area contributed by atoms with Crippen LogP contribution < -0.4 is 14.8 Å². The number of ether oxygens (including phenoxy) is 2. The molecule has 1 aromatic rings. The van der Waals surface area contributed by atoms with Gasteiger partial charge in [0.2, 0.25) is 0 Å². The van der Waals surface area contributed by atoms with Gasteiger partial charge in [0.1, 0.15) is 6.61 Å². The van der Waals surface area contributed by atoms with Gasteiger partial charge in [-0.25, -0.2) is 0 Å². The number of para-hydroxylation sites is 1. The Kier molecular flexibility index (Phi) is 7.06. The lowest BCUT2D eigenvalue weighted by atomic mass is 10.1. The first kappa shape index (κ1) is 17.9. The molecule has 0 aliphatic rings. The predicted molar refractivity (Wildman–Crippen MR) is 89.3 cm³/mol. The van der Waals surface area contributed by atoms with Crippen LogP contribution in [0.2, 0.25) is 0 Å². The molecule has 0 saturated carbocycles. The Morgan fingerprint density at radius 1 is 1.29 bits per heavy atom. The molecule has 21 heavy (non-hydrogen) atoms. The maximum Gasteiger partial charge on any atom is 0.166 e. The third-order valence-corrected chi connectivity index (χ3v) is 3.17. The van der Waals surface area contributed by atoms with E-state index < -0.39 is 0 Å². The molecule has 1 N–H and O–H groups in total. The average molecular weight is 312 g/mol. The molecule has 0 heterocycles. The second-order valence-electron chi connectivity index (χ2n) is 6.03. The lowest BCUT2D eigenvalue weighted by molar-refractivity contribution is 0.289. The highest BCUT2D eigenvalue weighted by Crippen LogP contribution is 2.32. The van der Waals surface area contributed by atoms with E-state index in [0.717, 1.165) is 29.2 Å². The smallest absolute Gasteiger partial charge is 0.166 e. The minimum atomic E-state index is 0.0465. The molecule has 0 amide bonds. The van der Waals surface area contributed by atoms with Crippen LogP contribution in [0.1, 0.15) is 40.2 Å². The number of hydrogen-bond donors (Lipinski definition) is 1. The predicted octanol–water partition coefficient (Wildman–Crippen LogP) is 4.49. The fourth-order valence-electron chi connectivity index (χ4n) is 1.71. The van der Waals surface area contributed by atoms with Gasteiger partial charge in [-0.1, -0.05) is 23.7 Å². The van der Waals surface area contributed by atoms with E-state index in [0.29, 0.717) is 13.2 Å². The topological polar surface area (TPSA) is 30.5 Å². The SMILES string of the molecule is CCOc1cccc(CNC(C)(C)C)c1OC/C(C)=C/Cl. The van der Waals surface area contributed by atoms with Gasteiger partial charge in [-0.05, 0) is 46.3 Å². The summed E-state index contributed by atoms with van der Waals surface area (Å²) in [6.07, 6.45) is 0. The van der Waals surface area contributed by atoms with E-state index in [1.54, 1.807) is 0 Å². The number of nitrogens with one attached hydrogen (secondary N) is 1. The van der Waals surface area contributed by atoms with E-state index in [1.165, 1.54) is 5.54 Å². The summed E-state index contributed by atoms with van der Waals surface area (Å²) in [6.45, 7) is 12.1. The summed E-state index contributed by atoms with van der Waals surface area (Å²) in [5, 5.41) is 3.47. The van der Waals surface area contributed by atoms with Crippen molar-refractivity contribution in [1.82, 2.24) is 5.32 Å². The molecule has 0 bridgehead atoms. The van der Waals surface area contributed by atoms with Crippen LogP contribution in [0.15, 0.2) is 29.3 Å². The molecular weight excluding hydrogens is 286 g/mol. The normalized spacial score (nSPS) is 12.4. The maximum atomic E-state index is 5.92. The van der Waals surface area contributed by atoms with Gasteiger partial charge in [0.15, 0.2) is 11.5 Å². The van der Waals surface area contributed by atoms with Crippen molar-refractivity contribution >= 4 is 11.6 Å².